The van der Waals surface area contributed by atoms with Crippen LogP contribution < -0.4 is 5.47 Å². The molecule has 2 heteroatoms. The van der Waals surface area contributed by atoms with Crippen LogP contribution in [0.2, 0.25) is 1.41 Å². The summed E-state index contributed by atoms with van der Waals surface area (Å²) in [5, 5.41) is 0. The average Bonchev–Trinajstić information content (AvgIpc) is 1.38. The van der Waals surface area contributed by atoms with Gasteiger partial charge in [-0.1, -0.05) is 0 Å². The average molecular weight is 63.1 g/mol. The van der Waals surface area contributed by atoms with Crippen molar-refractivity contribution in [3.8, 4) is 0 Å². The molecular formula is C2H7NO. The van der Waals surface area contributed by atoms with Gasteiger partial charge in [0.25, 0.3) is 0 Å². The summed E-state index contributed by atoms with van der Waals surface area (Å²) < 4.78 is 6.44. The summed E-state index contributed by atoms with van der Waals surface area (Å²) in [6.45, 7) is 0. The summed E-state index contributed by atoms with van der Waals surface area (Å²) in [6.07, 6.45) is 0. The molecule has 0 unspecified atom stereocenters. The molecule has 0 bridgehead atoms. The highest BCUT2D eigenvalue weighted by Crippen LogP contribution is 1.32. The van der Waals surface area contributed by atoms with Crippen molar-refractivity contribution in [1.82, 2.24) is 5.47 Å². The topological polar surface area (TPSA) is 21.3 Å². The van der Waals surface area contributed by atoms with E-state index in [4.69, 9.17) is 1.41 Å². The molecule has 0 atom stereocenters. The van der Waals surface area contributed by atoms with Gasteiger partial charge < -0.3 is 4.84 Å². The first-order valence-electron chi connectivity index (χ1n) is 1.49. The molecule has 2 nitrogen and oxygen atoms in total. The van der Waals surface area contributed by atoms with E-state index in [1.54, 1.807) is 0 Å². The monoisotopic (exact) mass is 63.1 g/mol. The van der Waals surface area contributed by atoms with Crippen molar-refractivity contribution < 1.29 is 6.25 Å². The van der Waals surface area contributed by atoms with Crippen molar-refractivity contribution in [2.45, 2.75) is 0 Å². The minimum absolute atomic E-state index is 0.875. The van der Waals surface area contributed by atoms with Gasteiger partial charge in [0.2, 0.25) is 0 Å². The highest BCUT2D eigenvalue weighted by atomic mass is 16.6. The van der Waals surface area contributed by atoms with Crippen LogP contribution in [-0.4, -0.2) is 14.2 Å². The molecule has 0 aromatic rings. The third-order valence-electron chi connectivity index (χ3n) is 0.183. The number of nitrogens with one attached hydrogen (secondary N) is 1. The number of hydrogen-bond acceptors (Lipinski definition) is 2. The van der Waals surface area contributed by atoms with Crippen molar-refractivity contribution in [1.29, 1.82) is 0 Å². The fourth-order valence-electron chi connectivity index (χ4n) is 0. The zero-order chi connectivity index (χ0) is 4.28. The Balaban J connectivity index is 2.54. The predicted molar refractivity (Wildman–Crippen MR) is 16.1 cm³/mol. The van der Waals surface area contributed by atoms with Gasteiger partial charge in [0.1, 0.15) is 0 Å². The smallest absolute Gasteiger partial charge is 0.154 e. The summed E-state index contributed by atoms with van der Waals surface area (Å²) in [4.78, 5) is 4.25. The molecule has 0 aliphatic carbocycles. The van der Waals surface area contributed by atoms with E-state index in [9.17, 15) is 0 Å². The minimum atomic E-state index is 0.875. The maximum Gasteiger partial charge on any atom is 0.154 e. The first-order valence-corrected chi connectivity index (χ1v) is 1.04. The van der Waals surface area contributed by atoms with E-state index in [1.165, 1.54) is 14.2 Å². The molecular weight excluding hydrogens is 54.0 g/mol. The van der Waals surface area contributed by atoms with E-state index < -0.39 is 0 Å². The normalized spacial score (nSPS) is 12.2. The number of hydroxylamine groups is 1. The van der Waals surface area contributed by atoms with Crippen LogP contribution in [0.4, 0.5) is 0 Å². The molecule has 0 saturated heterocycles. The van der Waals surface area contributed by atoms with Gasteiger partial charge >= 0.3 is 0 Å². The highest BCUT2D eigenvalue weighted by Gasteiger charge is 1.45. The van der Waals surface area contributed by atoms with Crippen LogP contribution in [0.1, 0.15) is 0 Å². The van der Waals surface area contributed by atoms with Crippen LogP contribution in [0.5, 0.6) is 0 Å². The first kappa shape index (κ1) is 2.18. The van der Waals surface area contributed by atoms with Gasteiger partial charge in [0.05, 0.1) is 7.11 Å². The number of hydrogen-bond donors (Lipinski definition) is 1. The lowest BCUT2D eigenvalue weighted by Crippen LogP contribution is -2.00. The lowest BCUT2D eigenvalue weighted by atomic mass is 11.5. The second-order valence-electron chi connectivity index (χ2n) is 0.365. The second kappa shape index (κ2) is 2.92. The van der Waals surface area contributed by atoms with Crippen LogP contribution in [-0.2, 0) is 4.84 Å². The van der Waals surface area contributed by atoms with E-state index in [1.807, 2.05) is 0 Å². The molecule has 0 aliphatic heterocycles. The van der Waals surface area contributed by atoms with Crippen LogP contribution in [0.3, 0.4) is 0 Å². The standard InChI is InChI=1S/C2H7NO/c1-3-4-2/h3H,1-2H3/i/hT. The Bertz CT molecular complexity index is 23.6. The van der Waals surface area contributed by atoms with E-state index in [2.05, 4.69) is 4.84 Å². The fourth-order valence-corrected chi connectivity index (χ4v) is 0. The Morgan fingerprint density at radius 1 is 2.25 bits per heavy atom. The van der Waals surface area contributed by atoms with Crippen LogP contribution in [0.25, 0.3) is 0 Å². The van der Waals surface area contributed by atoms with Gasteiger partial charge in [0.15, 0.2) is 1.41 Å². The zero-order valence-corrected chi connectivity index (χ0v) is 2.86. The Kier molecular flexibility index (Phi) is 1.59. The molecule has 26 valence electrons. The van der Waals surface area contributed by atoms with Crippen molar-refractivity contribution in [3.05, 3.63) is 0 Å². The van der Waals surface area contributed by atoms with Gasteiger partial charge in [-0.3, -0.25) is 0 Å². The van der Waals surface area contributed by atoms with E-state index >= 15 is 0 Å². The van der Waals surface area contributed by atoms with E-state index in [-0.39, 0.29) is 0 Å². The summed E-state index contributed by atoms with van der Waals surface area (Å²) >= 11 is 0. The van der Waals surface area contributed by atoms with Crippen molar-refractivity contribution >= 4 is 0 Å². The molecule has 0 spiro atoms. The quantitative estimate of drug-likeness (QED) is 0.424. The summed E-state index contributed by atoms with van der Waals surface area (Å²) in [7, 11) is 2.94. The Morgan fingerprint density at radius 2 is 2.50 bits per heavy atom. The molecule has 0 aromatic heterocycles. The van der Waals surface area contributed by atoms with Gasteiger partial charge in [-0.05, 0) is 0 Å². The summed E-state index contributed by atoms with van der Waals surface area (Å²) in [5.74, 6) is 0. The third-order valence-corrected chi connectivity index (χ3v) is 0.183. The zero-order valence-electron chi connectivity index (χ0n) is 3.86. The molecule has 1 N–H and O–H groups in total. The Labute approximate surface area is 27.2 Å². The molecule has 0 aromatic carbocycles. The molecule has 0 saturated carbocycles. The predicted octanol–water partition coefficient (Wildman–Crippen LogP) is -0.233. The molecule has 0 aliphatic rings. The van der Waals surface area contributed by atoms with Gasteiger partial charge in [-0.25, -0.2) is 5.47 Å². The lowest BCUT2D eigenvalue weighted by molar-refractivity contribution is 0.112. The van der Waals surface area contributed by atoms with Gasteiger partial charge in [-0.15, -0.1) is 0 Å². The van der Waals surface area contributed by atoms with E-state index in [0.717, 1.165) is 5.47 Å². The molecule has 0 fully saturated rings. The van der Waals surface area contributed by atoms with Crippen molar-refractivity contribution in [2.24, 2.45) is 0 Å². The summed E-state index contributed by atoms with van der Waals surface area (Å²) in [5.41, 5.74) is 0.875. The highest BCUT2D eigenvalue weighted by molar-refractivity contribution is 3.76. The molecule has 0 heterocycles. The third kappa shape index (κ3) is 1.92. The lowest BCUT2D eigenvalue weighted by Gasteiger charge is -1.80. The van der Waals surface area contributed by atoms with Crippen LogP contribution in [0, 0.1) is 0 Å². The van der Waals surface area contributed by atoms with Crippen LogP contribution in [0.15, 0.2) is 0 Å². The largest absolute Gasteiger partial charge is 0.305 e. The van der Waals surface area contributed by atoms with Crippen molar-refractivity contribution in [3.63, 3.8) is 0 Å². The maximum absolute atomic E-state index is 6.44. The summed E-state index contributed by atoms with van der Waals surface area (Å²) in [6, 6.07) is 0. The maximum atomic E-state index is 6.44. The minimum Gasteiger partial charge on any atom is -0.305 e. The second-order valence-corrected chi connectivity index (χ2v) is 0.365. The SMILES string of the molecule is [3H]N(C)OC. The fraction of sp³-hybridized carbons (Fsp3) is 1.00. The Hall–Kier alpha value is -0.0800. The molecule has 4 heavy (non-hydrogen) atoms. The molecule has 0 amide bonds. The van der Waals surface area contributed by atoms with Crippen molar-refractivity contribution in [2.75, 3.05) is 14.2 Å². The number of rotatable bonds is 1. The van der Waals surface area contributed by atoms with Gasteiger partial charge in [-0.2, -0.15) is 0 Å². The van der Waals surface area contributed by atoms with Crippen LogP contribution >= 0.6 is 0 Å². The van der Waals surface area contributed by atoms with E-state index in [0.29, 0.717) is 0 Å². The molecule has 0 rings (SSSR count). The first-order chi connectivity index (χ1) is 2.27. The Morgan fingerprint density at radius 3 is 2.50 bits per heavy atom. The molecule has 0 radical (unpaired) electrons. The van der Waals surface area contributed by atoms with Gasteiger partial charge in [0, 0.05) is 7.05 Å².